The molecule has 0 saturated carbocycles. The van der Waals surface area contributed by atoms with Crippen LogP contribution in [0.15, 0.2) is 12.5 Å². The van der Waals surface area contributed by atoms with Crippen molar-refractivity contribution in [1.29, 1.82) is 5.26 Å². The Bertz CT molecular complexity index is 778. The first-order valence-electron chi connectivity index (χ1n) is 7.27. The van der Waals surface area contributed by atoms with Crippen LogP contribution in [-0.2, 0) is 17.7 Å². The molecule has 0 radical (unpaired) electrons. The van der Waals surface area contributed by atoms with Crippen molar-refractivity contribution in [2.75, 3.05) is 18.9 Å². The number of fused-ring (bicyclic) bond motifs is 1. The van der Waals surface area contributed by atoms with Gasteiger partial charge in [0.1, 0.15) is 17.5 Å². The highest BCUT2D eigenvalue weighted by atomic mass is 16.6. The summed E-state index contributed by atoms with van der Waals surface area (Å²) in [4.78, 5) is 24.9. The third-order valence-electron chi connectivity index (χ3n) is 3.78. The van der Waals surface area contributed by atoms with Crippen molar-refractivity contribution in [1.82, 2.24) is 19.9 Å². The van der Waals surface area contributed by atoms with Crippen LogP contribution in [0, 0.1) is 11.3 Å². The summed E-state index contributed by atoms with van der Waals surface area (Å²) >= 11 is 0. The van der Waals surface area contributed by atoms with Crippen LogP contribution in [0.4, 0.5) is 10.6 Å². The van der Waals surface area contributed by atoms with Gasteiger partial charge in [-0.05, 0) is 6.92 Å². The summed E-state index contributed by atoms with van der Waals surface area (Å²) in [5.74, 6) is 0.195. The first-order valence-corrected chi connectivity index (χ1v) is 7.27. The van der Waals surface area contributed by atoms with Crippen molar-refractivity contribution in [3.8, 4) is 17.3 Å². The van der Waals surface area contributed by atoms with E-state index in [2.05, 4.69) is 21.0 Å². The Balaban J connectivity index is 2.11. The number of aromatic nitrogens is 3. The zero-order chi connectivity index (χ0) is 16.4. The lowest BCUT2D eigenvalue weighted by Crippen LogP contribution is -2.37. The molecule has 1 aliphatic rings. The van der Waals surface area contributed by atoms with Gasteiger partial charge in [0.05, 0.1) is 37.1 Å². The highest BCUT2D eigenvalue weighted by Gasteiger charge is 2.28. The van der Waals surface area contributed by atoms with Crippen LogP contribution in [0.3, 0.4) is 0 Å². The minimum absolute atomic E-state index is 0.195. The Labute approximate surface area is 132 Å². The molecule has 8 nitrogen and oxygen atoms in total. The first-order chi connectivity index (χ1) is 11.2. The standard InChI is InChI=1S/C15H16N6O2/c1-2-23-15(22)21-4-3-11-10(7-21)13(12-6-18-8-19-12)9(5-16)14(17)20-11/h6,8H,2-4,7H2,1H3,(H2,17,20)(H,18,19). The fraction of sp³-hybridized carbons (Fsp3) is 0.333. The minimum Gasteiger partial charge on any atom is -0.450 e. The quantitative estimate of drug-likeness (QED) is 0.865. The molecule has 1 amide bonds. The first kappa shape index (κ1) is 14.8. The van der Waals surface area contributed by atoms with Gasteiger partial charge in [0.15, 0.2) is 0 Å². The second-order valence-corrected chi connectivity index (χ2v) is 5.12. The van der Waals surface area contributed by atoms with Crippen LogP contribution in [0.1, 0.15) is 23.7 Å². The molecule has 2 aromatic heterocycles. The van der Waals surface area contributed by atoms with E-state index in [1.807, 2.05) is 0 Å². The maximum Gasteiger partial charge on any atom is 0.410 e. The molecule has 0 spiro atoms. The van der Waals surface area contributed by atoms with E-state index in [-0.39, 0.29) is 11.9 Å². The molecule has 118 valence electrons. The predicted molar refractivity (Wildman–Crippen MR) is 82.1 cm³/mol. The van der Waals surface area contributed by atoms with Crippen LogP contribution in [-0.4, -0.2) is 39.1 Å². The number of anilines is 1. The molecule has 0 saturated heterocycles. The molecule has 0 aromatic carbocycles. The molecular formula is C15H16N6O2. The lowest BCUT2D eigenvalue weighted by atomic mass is 9.94. The SMILES string of the molecule is CCOC(=O)N1CCc2nc(N)c(C#N)c(-c3cnc[nH]3)c2C1. The van der Waals surface area contributed by atoms with Crippen molar-refractivity contribution < 1.29 is 9.53 Å². The number of imidazole rings is 1. The number of carbonyl (C=O) groups excluding carboxylic acids is 1. The van der Waals surface area contributed by atoms with Gasteiger partial charge in [0.2, 0.25) is 0 Å². The van der Waals surface area contributed by atoms with E-state index < -0.39 is 0 Å². The lowest BCUT2D eigenvalue weighted by Gasteiger charge is -2.29. The van der Waals surface area contributed by atoms with Crippen molar-refractivity contribution >= 4 is 11.9 Å². The molecule has 3 rings (SSSR count). The predicted octanol–water partition coefficient (Wildman–Crippen LogP) is 1.44. The van der Waals surface area contributed by atoms with Gasteiger partial charge in [0, 0.05) is 24.1 Å². The Morgan fingerprint density at radius 1 is 1.61 bits per heavy atom. The second kappa shape index (κ2) is 5.96. The van der Waals surface area contributed by atoms with Crippen molar-refractivity contribution in [2.45, 2.75) is 19.9 Å². The number of amides is 1. The number of hydrogen-bond acceptors (Lipinski definition) is 6. The number of nitrogen functional groups attached to an aromatic ring is 1. The Kier molecular flexibility index (Phi) is 3.85. The van der Waals surface area contributed by atoms with Gasteiger partial charge in [-0.1, -0.05) is 0 Å². The largest absolute Gasteiger partial charge is 0.450 e. The Morgan fingerprint density at radius 2 is 2.43 bits per heavy atom. The molecule has 0 bridgehead atoms. The average molecular weight is 312 g/mol. The number of pyridine rings is 1. The summed E-state index contributed by atoms with van der Waals surface area (Å²) < 4.78 is 5.06. The number of nitrogens with two attached hydrogens (primary N) is 1. The normalized spacial score (nSPS) is 13.3. The molecule has 1 aliphatic heterocycles. The Hall–Kier alpha value is -3.08. The molecular weight excluding hydrogens is 296 g/mol. The van der Waals surface area contributed by atoms with E-state index in [1.165, 1.54) is 6.33 Å². The summed E-state index contributed by atoms with van der Waals surface area (Å²) in [6, 6.07) is 2.10. The van der Waals surface area contributed by atoms with Gasteiger partial charge >= 0.3 is 6.09 Å². The molecule has 8 heteroatoms. The van der Waals surface area contributed by atoms with E-state index in [9.17, 15) is 10.1 Å². The summed E-state index contributed by atoms with van der Waals surface area (Å²) in [6.07, 6.45) is 3.35. The van der Waals surface area contributed by atoms with Crippen molar-refractivity contribution in [3.63, 3.8) is 0 Å². The van der Waals surface area contributed by atoms with Gasteiger partial charge in [-0.25, -0.2) is 14.8 Å². The average Bonchev–Trinajstić information content (AvgIpc) is 3.07. The summed E-state index contributed by atoms with van der Waals surface area (Å²) in [6.45, 7) is 2.91. The van der Waals surface area contributed by atoms with Crippen LogP contribution in [0.5, 0.6) is 0 Å². The molecule has 0 fully saturated rings. The molecule has 0 unspecified atom stereocenters. The van der Waals surface area contributed by atoms with E-state index >= 15 is 0 Å². The molecule has 23 heavy (non-hydrogen) atoms. The second-order valence-electron chi connectivity index (χ2n) is 5.12. The van der Waals surface area contributed by atoms with Crippen LogP contribution in [0.2, 0.25) is 0 Å². The maximum absolute atomic E-state index is 12.0. The van der Waals surface area contributed by atoms with Crippen molar-refractivity contribution in [3.05, 3.63) is 29.3 Å². The summed E-state index contributed by atoms with van der Waals surface area (Å²) in [7, 11) is 0. The number of nitrogens with one attached hydrogen (secondary N) is 1. The van der Waals surface area contributed by atoms with Crippen LogP contribution >= 0.6 is 0 Å². The topological polar surface area (TPSA) is 121 Å². The molecule has 3 N–H and O–H groups in total. The monoisotopic (exact) mass is 312 g/mol. The molecule has 0 aliphatic carbocycles. The smallest absolute Gasteiger partial charge is 0.410 e. The molecule has 3 heterocycles. The van der Waals surface area contributed by atoms with E-state index in [0.717, 1.165) is 11.3 Å². The number of H-pyrrole nitrogens is 1. The van der Waals surface area contributed by atoms with E-state index in [0.29, 0.717) is 42.9 Å². The van der Waals surface area contributed by atoms with Gasteiger partial charge in [-0.15, -0.1) is 0 Å². The van der Waals surface area contributed by atoms with E-state index in [1.54, 1.807) is 18.0 Å². The number of aromatic amines is 1. The third-order valence-corrected chi connectivity index (χ3v) is 3.78. The van der Waals surface area contributed by atoms with Gasteiger partial charge < -0.3 is 20.4 Å². The number of ether oxygens (including phenoxy) is 1. The summed E-state index contributed by atoms with van der Waals surface area (Å²) in [5.41, 5.74) is 9.16. The molecule has 0 atom stereocenters. The van der Waals surface area contributed by atoms with Crippen LogP contribution < -0.4 is 5.73 Å². The van der Waals surface area contributed by atoms with Crippen LogP contribution in [0.25, 0.3) is 11.3 Å². The van der Waals surface area contributed by atoms with E-state index in [4.69, 9.17) is 10.5 Å². The summed E-state index contributed by atoms with van der Waals surface area (Å²) in [5, 5.41) is 9.45. The number of rotatable bonds is 2. The highest BCUT2D eigenvalue weighted by molar-refractivity contribution is 5.78. The fourth-order valence-electron chi connectivity index (χ4n) is 2.75. The highest BCUT2D eigenvalue weighted by Crippen LogP contribution is 2.33. The number of carbonyl (C=O) groups is 1. The number of nitrogens with zero attached hydrogens (tertiary/aromatic N) is 4. The molecule has 2 aromatic rings. The van der Waals surface area contributed by atoms with Gasteiger partial charge in [-0.3, -0.25) is 0 Å². The minimum atomic E-state index is -0.371. The number of nitriles is 1. The zero-order valence-corrected chi connectivity index (χ0v) is 12.7. The Morgan fingerprint density at radius 3 is 3.09 bits per heavy atom. The number of hydrogen-bond donors (Lipinski definition) is 2. The fourth-order valence-corrected chi connectivity index (χ4v) is 2.75. The lowest BCUT2D eigenvalue weighted by molar-refractivity contribution is 0.102. The van der Waals surface area contributed by atoms with Gasteiger partial charge in [0.25, 0.3) is 0 Å². The maximum atomic E-state index is 12.0. The van der Waals surface area contributed by atoms with Gasteiger partial charge in [-0.2, -0.15) is 5.26 Å². The zero-order valence-electron chi connectivity index (χ0n) is 12.7. The third kappa shape index (κ3) is 2.57. The van der Waals surface area contributed by atoms with Crippen molar-refractivity contribution in [2.24, 2.45) is 0 Å².